The zero-order valence-electron chi connectivity index (χ0n) is 22.5. The number of anilines is 1. The Morgan fingerprint density at radius 1 is 1.28 bits per heavy atom. The summed E-state index contributed by atoms with van der Waals surface area (Å²) in [5.74, 6) is 1.20. The molecule has 0 spiro atoms. The van der Waals surface area contributed by atoms with Crippen molar-refractivity contribution in [2.45, 2.75) is 51.1 Å². The number of morpholine rings is 1. The van der Waals surface area contributed by atoms with Gasteiger partial charge in [-0.3, -0.25) is 14.5 Å². The fourth-order valence-electron chi connectivity index (χ4n) is 4.61. The smallest absolute Gasteiger partial charge is 0.271 e. The van der Waals surface area contributed by atoms with Gasteiger partial charge in [0.2, 0.25) is 11.8 Å². The summed E-state index contributed by atoms with van der Waals surface area (Å²) < 4.78 is 17.5. The lowest BCUT2D eigenvalue weighted by Gasteiger charge is -2.26. The van der Waals surface area contributed by atoms with Crippen molar-refractivity contribution in [3.63, 3.8) is 0 Å². The van der Waals surface area contributed by atoms with Crippen molar-refractivity contribution >= 4 is 17.6 Å². The highest BCUT2D eigenvalue weighted by Gasteiger charge is 2.23. The molecule has 0 saturated carbocycles. The van der Waals surface area contributed by atoms with Crippen LogP contribution in [0.4, 0.5) is 5.82 Å². The van der Waals surface area contributed by atoms with E-state index in [0.717, 1.165) is 51.4 Å². The zero-order chi connectivity index (χ0) is 27.6. The van der Waals surface area contributed by atoms with E-state index < -0.39 is 5.91 Å². The van der Waals surface area contributed by atoms with Gasteiger partial charge in [0, 0.05) is 38.1 Å². The molecule has 1 aromatic rings. The summed E-state index contributed by atoms with van der Waals surface area (Å²) in [6.45, 7) is 10.3. The van der Waals surface area contributed by atoms with Crippen molar-refractivity contribution in [1.82, 2.24) is 20.2 Å². The second-order valence-corrected chi connectivity index (χ2v) is 9.61. The van der Waals surface area contributed by atoms with Gasteiger partial charge in [-0.1, -0.05) is 19.6 Å². The zero-order valence-corrected chi connectivity index (χ0v) is 22.5. The third kappa shape index (κ3) is 8.14. The number of hydrogen-bond acceptors (Lipinski definition) is 9. The maximum absolute atomic E-state index is 12.2. The van der Waals surface area contributed by atoms with Gasteiger partial charge in [-0.2, -0.15) is 4.98 Å². The molecule has 1 fully saturated rings. The van der Waals surface area contributed by atoms with Gasteiger partial charge in [0.05, 0.1) is 13.2 Å². The number of hydrogen-bond donors (Lipinski definition) is 3. The monoisotopic (exact) mass is 538 g/mol. The second-order valence-electron chi connectivity index (χ2n) is 9.61. The van der Waals surface area contributed by atoms with Crippen molar-refractivity contribution in [2.75, 3.05) is 44.8 Å². The summed E-state index contributed by atoms with van der Waals surface area (Å²) in [6.07, 6.45) is 12.4. The number of carbonyl (C=O) groups is 2. The van der Waals surface area contributed by atoms with Crippen LogP contribution in [0, 0.1) is 0 Å². The largest absolute Gasteiger partial charge is 0.493 e. The highest BCUT2D eigenvalue weighted by molar-refractivity contribution is 5.95. The van der Waals surface area contributed by atoms with E-state index in [2.05, 4.69) is 32.1 Å². The van der Waals surface area contributed by atoms with Gasteiger partial charge in [0.1, 0.15) is 23.8 Å². The SMILES string of the molecule is C=CC(=O)NC1CCC=C(Oc2nc(NC3C=CC(OCCN4CCOCC4)=CC3)c(C(N)=O)nc2CC)C1. The summed E-state index contributed by atoms with van der Waals surface area (Å²) in [7, 11) is 0. The van der Waals surface area contributed by atoms with Gasteiger partial charge in [-0.05, 0) is 50.0 Å². The average Bonchev–Trinajstić information content (AvgIpc) is 2.94. The van der Waals surface area contributed by atoms with Crippen LogP contribution in [0.2, 0.25) is 0 Å². The molecule has 2 heterocycles. The molecule has 11 nitrogen and oxygen atoms in total. The van der Waals surface area contributed by atoms with E-state index in [-0.39, 0.29) is 29.5 Å². The van der Waals surface area contributed by atoms with Crippen molar-refractivity contribution < 1.29 is 23.8 Å². The summed E-state index contributed by atoms with van der Waals surface area (Å²) in [5.41, 5.74) is 6.25. The van der Waals surface area contributed by atoms with Crippen LogP contribution in [0.3, 0.4) is 0 Å². The molecular weight excluding hydrogens is 500 g/mol. The Bertz CT molecular complexity index is 1140. The first kappa shape index (κ1) is 28.3. The number of nitrogens with one attached hydrogen (secondary N) is 2. The van der Waals surface area contributed by atoms with Gasteiger partial charge < -0.3 is 30.6 Å². The van der Waals surface area contributed by atoms with Crippen LogP contribution in [0.5, 0.6) is 5.88 Å². The summed E-state index contributed by atoms with van der Waals surface area (Å²) in [4.78, 5) is 35.4. The molecule has 210 valence electrons. The van der Waals surface area contributed by atoms with Crippen LogP contribution in [0.1, 0.15) is 48.8 Å². The summed E-state index contributed by atoms with van der Waals surface area (Å²) >= 11 is 0. The standard InChI is InChI=1S/C28H38N6O5/c1-3-23-28(39-22-7-5-6-20(18-22)30-24(35)4-2)33-27(25(32-23)26(29)36)31-19-8-10-21(11-9-19)38-17-14-34-12-15-37-16-13-34/h4,7-8,10-11,19-20H,2-3,5-6,9,12-18H2,1H3,(H2,29,36)(H,30,35)(H,31,33). The van der Waals surface area contributed by atoms with Gasteiger partial charge in [-0.15, -0.1) is 0 Å². The molecule has 2 amide bonds. The number of amides is 2. The van der Waals surface area contributed by atoms with Crippen LogP contribution in [-0.2, 0) is 20.7 Å². The molecule has 1 saturated heterocycles. The molecule has 0 bridgehead atoms. The molecule has 39 heavy (non-hydrogen) atoms. The normalized spacial score (nSPS) is 21.4. The molecule has 4 rings (SSSR count). The minimum absolute atomic E-state index is 0.0551. The molecule has 1 aliphatic heterocycles. The van der Waals surface area contributed by atoms with Gasteiger partial charge in [0.15, 0.2) is 11.5 Å². The lowest BCUT2D eigenvalue weighted by atomic mass is 10.0. The van der Waals surface area contributed by atoms with E-state index in [1.165, 1.54) is 6.08 Å². The molecule has 2 unspecified atom stereocenters. The van der Waals surface area contributed by atoms with E-state index >= 15 is 0 Å². The fourth-order valence-corrected chi connectivity index (χ4v) is 4.61. The van der Waals surface area contributed by atoms with Crippen molar-refractivity contribution in [3.05, 3.63) is 59.9 Å². The Morgan fingerprint density at radius 2 is 2.10 bits per heavy atom. The van der Waals surface area contributed by atoms with Gasteiger partial charge in [-0.25, -0.2) is 4.98 Å². The number of carbonyl (C=O) groups excluding carboxylic acids is 2. The molecule has 11 heteroatoms. The Kier molecular flexibility index (Phi) is 10.1. The van der Waals surface area contributed by atoms with E-state index in [0.29, 0.717) is 43.2 Å². The lowest BCUT2D eigenvalue weighted by molar-refractivity contribution is -0.117. The average molecular weight is 539 g/mol. The first-order valence-electron chi connectivity index (χ1n) is 13.5. The van der Waals surface area contributed by atoms with E-state index in [1.807, 2.05) is 31.2 Å². The molecule has 2 atom stereocenters. The quantitative estimate of drug-likeness (QED) is 0.342. The highest BCUT2D eigenvalue weighted by atomic mass is 16.5. The third-order valence-corrected chi connectivity index (χ3v) is 6.76. The lowest BCUT2D eigenvalue weighted by Crippen LogP contribution is -2.38. The number of ether oxygens (including phenoxy) is 3. The third-order valence-electron chi connectivity index (χ3n) is 6.76. The Morgan fingerprint density at radius 3 is 2.79 bits per heavy atom. The maximum Gasteiger partial charge on any atom is 0.271 e. The second kappa shape index (κ2) is 13.9. The topological polar surface area (TPSA) is 141 Å². The van der Waals surface area contributed by atoms with Gasteiger partial charge >= 0.3 is 0 Å². The number of aryl methyl sites for hydroxylation is 1. The summed E-state index contributed by atoms with van der Waals surface area (Å²) in [6, 6.07) is -0.183. The number of primary amides is 1. The predicted molar refractivity (Wildman–Crippen MR) is 147 cm³/mol. The highest BCUT2D eigenvalue weighted by Crippen LogP contribution is 2.27. The molecule has 1 aromatic heterocycles. The minimum atomic E-state index is -0.669. The molecule has 3 aliphatic rings. The molecular formula is C28H38N6O5. The van der Waals surface area contributed by atoms with Crippen LogP contribution in [-0.4, -0.2) is 78.2 Å². The van der Waals surface area contributed by atoms with Gasteiger partial charge in [0.25, 0.3) is 5.91 Å². The number of aromatic nitrogens is 2. The molecule has 4 N–H and O–H groups in total. The minimum Gasteiger partial charge on any atom is -0.493 e. The van der Waals surface area contributed by atoms with E-state index in [9.17, 15) is 9.59 Å². The number of rotatable bonds is 12. The van der Waals surface area contributed by atoms with Crippen molar-refractivity contribution in [2.24, 2.45) is 5.73 Å². The van der Waals surface area contributed by atoms with Crippen LogP contribution in [0.25, 0.3) is 0 Å². The fraction of sp³-hybridized carbons (Fsp3) is 0.500. The first-order valence-corrected chi connectivity index (χ1v) is 13.5. The van der Waals surface area contributed by atoms with Crippen LogP contribution < -0.4 is 21.1 Å². The maximum atomic E-state index is 12.2. The number of nitrogens with two attached hydrogens (primary N) is 1. The molecule has 0 radical (unpaired) electrons. The predicted octanol–water partition coefficient (Wildman–Crippen LogP) is 2.23. The molecule has 2 aliphatic carbocycles. The molecule has 0 aromatic carbocycles. The van der Waals surface area contributed by atoms with Crippen molar-refractivity contribution in [1.29, 1.82) is 0 Å². The Labute approximate surface area is 229 Å². The van der Waals surface area contributed by atoms with Crippen LogP contribution >= 0.6 is 0 Å². The van der Waals surface area contributed by atoms with Crippen LogP contribution in [0.15, 0.2) is 48.5 Å². The van der Waals surface area contributed by atoms with E-state index in [1.54, 1.807) is 0 Å². The van der Waals surface area contributed by atoms with Crippen molar-refractivity contribution in [3.8, 4) is 5.88 Å². The Hall–Kier alpha value is -3.70. The van der Waals surface area contributed by atoms with E-state index in [4.69, 9.17) is 19.9 Å². The Balaban J connectivity index is 1.39. The number of allylic oxidation sites excluding steroid dienone is 2. The number of nitrogens with zero attached hydrogens (tertiary/aromatic N) is 3. The first-order chi connectivity index (χ1) is 18.9. The summed E-state index contributed by atoms with van der Waals surface area (Å²) in [5, 5.41) is 6.20.